The van der Waals surface area contributed by atoms with Gasteiger partial charge in [-0.25, -0.2) is 0 Å². The molecule has 17 heavy (non-hydrogen) atoms. The predicted molar refractivity (Wildman–Crippen MR) is 70.0 cm³/mol. The number of aryl methyl sites for hydroxylation is 1. The highest BCUT2D eigenvalue weighted by molar-refractivity contribution is 9.08. The van der Waals surface area contributed by atoms with E-state index in [1.165, 1.54) is 0 Å². The first-order valence-corrected chi connectivity index (χ1v) is 6.60. The highest BCUT2D eigenvalue weighted by Gasteiger charge is 2.24. The summed E-state index contributed by atoms with van der Waals surface area (Å²) in [5.74, 6) is 0.823. The summed E-state index contributed by atoms with van der Waals surface area (Å²) in [4.78, 5) is 0. The number of aromatic nitrogens is 3. The van der Waals surface area contributed by atoms with Crippen LogP contribution in [-0.4, -0.2) is 14.9 Å². The third kappa shape index (κ3) is 2.44. The van der Waals surface area contributed by atoms with Gasteiger partial charge in [0.2, 0.25) is 0 Å². The molecule has 0 saturated heterocycles. The Kier molecular flexibility index (Phi) is 3.12. The summed E-state index contributed by atoms with van der Waals surface area (Å²) in [7, 11) is 1.92. The molecule has 0 atom stereocenters. The Morgan fingerprint density at radius 3 is 2.65 bits per heavy atom. The van der Waals surface area contributed by atoms with E-state index in [0.717, 1.165) is 22.7 Å². The van der Waals surface area contributed by atoms with Crippen molar-refractivity contribution in [3.63, 3.8) is 0 Å². The number of rotatable bonds is 2. The maximum Gasteiger partial charge on any atom is 0.147 e. The smallest absolute Gasteiger partial charge is 0.147 e. The SMILES string of the molecule is Cn1cc(-c2cc(CBr)on2)c(C(C)(C)C)n1. The van der Waals surface area contributed by atoms with Crippen LogP contribution in [0.15, 0.2) is 16.8 Å². The maximum absolute atomic E-state index is 5.21. The van der Waals surface area contributed by atoms with E-state index in [-0.39, 0.29) is 5.41 Å². The zero-order valence-electron chi connectivity index (χ0n) is 10.5. The lowest BCUT2D eigenvalue weighted by molar-refractivity contribution is 0.397. The van der Waals surface area contributed by atoms with Gasteiger partial charge >= 0.3 is 0 Å². The van der Waals surface area contributed by atoms with Gasteiger partial charge in [-0.15, -0.1) is 0 Å². The van der Waals surface area contributed by atoms with E-state index in [1.807, 2.05) is 24.0 Å². The number of hydrogen-bond donors (Lipinski definition) is 0. The van der Waals surface area contributed by atoms with Crippen molar-refractivity contribution < 1.29 is 4.52 Å². The topological polar surface area (TPSA) is 43.9 Å². The van der Waals surface area contributed by atoms with Crippen LogP contribution >= 0.6 is 15.9 Å². The second-order valence-electron chi connectivity index (χ2n) is 5.13. The molecular weight excluding hydrogens is 282 g/mol. The first-order chi connectivity index (χ1) is 7.91. The minimum absolute atomic E-state index is 0.00981. The molecule has 0 unspecified atom stereocenters. The number of hydrogen-bond acceptors (Lipinski definition) is 3. The molecule has 0 aromatic carbocycles. The maximum atomic E-state index is 5.21. The Hall–Kier alpha value is -1.10. The molecule has 0 fully saturated rings. The van der Waals surface area contributed by atoms with Crippen molar-refractivity contribution in [2.45, 2.75) is 31.5 Å². The van der Waals surface area contributed by atoms with E-state index < -0.39 is 0 Å². The Labute approximate surface area is 109 Å². The van der Waals surface area contributed by atoms with Gasteiger partial charge < -0.3 is 4.52 Å². The minimum Gasteiger partial charge on any atom is -0.360 e. The van der Waals surface area contributed by atoms with Gasteiger partial charge in [0, 0.05) is 30.3 Å². The number of nitrogens with zero attached hydrogens (tertiary/aromatic N) is 3. The van der Waals surface area contributed by atoms with E-state index in [2.05, 4.69) is 47.0 Å². The van der Waals surface area contributed by atoms with Crippen LogP contribution < -0.4 is 0 Å². The summed E-state index contributed by atoms with van der Waals surface area (Å²) in [5, 5.41) is 9.27. The molecule has 0 radical (unpaired) electrons. The van der Waals surface area contributed by atoms with Crippen LogP contribution in [0, 0.1) is 0 Å². The average molecular weight is 298 g/mol. The van der Waals surface area contributed by atoms with Crippen molar-refractivity contribution in [1.29, 1.82) is 0 Å². The second kappa shape index (κ2) is 4.29. The Morgan fingerprint density at radius 1 is 1.41 bits per heavy atom. The molecule has 0 N–H and O–H groups in total. The summed E-state index contributed by atoms with van der Waals surface area (Å²) < 4.78 is 7.03. The standard InChI is InChI=1S/C12H16BrN3O/c1-12(2,3)11-9(7-16(4)14-11)10-5-8(6-13)17-15-10/h5,7H,6H2,1-4H3. The molecular formula is C12H16BrN3O. The summed E-state index contributed by atoms with van der Waals surface area (Å²) in [6.45, 7) is 6.43. The Morgan fingerprint density at radius 2 is 2.12 bits per heavy atom. The predicted octanol–water partition coefficient (Wildman–Crippen LogP) is 3.27. The third-order valence-corrected chi connectivity index (χ3v) is 3.06. The van der Waals surface area contributed by atoms with Gasteiger partial charge in [0.05, 0.1) is 11.0 Å². The van der Waals surface area contributed by atoms with Crippen LogP contribution in [0.2, 0.25) is 0 Å². The molecule has 0 bridgehead atoms. The summed E-state index contributed by atoms with van der Waals surface area (Å²) in [5.41, 5.74) is 2.91. The zero-order valence-corrected chi connectivity index (χ0v) is 12.1. The molecule has 0 aliphatic heterocycles. The fourth-order valence-electron chi connectivity index (χ4n) is 1.73. The van der Waals surface area contributed by atoms with Crippen LogP contribution in [0.1, 0.15) is 32.2 Å². The number of halogens is 1. The third-order valence-electron chi connectivity index (χ3n) is 2.51. The first kappa shape index (κ1) is 12.4. The molecule has 0 spiro atoms. The van der Waals surface area contributed by atoms with Gasteiger partial charge in [-0.3, -0.25) is 4.68 Å². The molecule has 2 aromatic rings. The van der Waals surface area contributed by atoms with Gasteiger partial charge in [0.15, 0.2) is 0 Å². The first-order valence-electron chi connectivity index (χ1n) is 5.48. The molecule has 0 aliphatic rings. The lowest BCUT2D eigenvalue weighted by atomic mass is 9.89. The molecule has 0 saturated carbocycles. The van der Waals surface area contributed by atoms with Gasteiger partial charge in [0.25, 0.3) is 0 Å². The average Bonchev–Trinajstić information content (AvgIpc) is 2.81. The quantitative estimate of drug-likeness (QED) is 0.799. The fraction of sp³-hybridized carbons (Fsp3) is 0.500. The van der Waals surface area contributed by atoms with Crippen LogP contribution in [0.25, 0.3) is 11.3 Å². The van der Waals surface area contributed by atoms with E-state index >= 15 is 0 Å². The highest BCUT2D eigenvalue weighted by Crippen LogP contribution is 2.31. The lowest BCUT2D eigenvalue weighted by Gasteiger charge is -2.16. The molecule has 4 nitrogen and oxygen atoms in total. The summed E-state index contributed by atoms with van der Waals surface area (Å²) in [6.07, 6.45) is 1.98. The van der Waals surface area contributed by atoms with Crippen molar-refractivity contribution in [3.05, 3.63) is 23.7 Å². The lowest BCUT2D eigenvalue weighted by Crippen LogP contribution is -2.13. The zero-order chi connectivity index (χ0) is 12.6. The van der Waals surface area contributed by atoms with Gasteiger partial charge in [-0.05, 0) is 0 Å². The Bertz CT molecular complexity index is 522. The van der Waals surface area contributed by atoms with Gasteiger partial charge in [-0.1, -0.05) is 41.9 Å². The molecule has 2 rings (SSSR count). The van der Waals surface area contributed by atoms with Gasteiger partial charge in [-0.2, -0.15) is 5.10 Å². The normalized spacial score (nSPS) is 12.1. The Balaban J connectivity index is 2.51. The van der Waals surface area contributed by atoms with E-state index in [0.29, 0.717) is 5.33 Å². The van der Waals surface area contributed by atoms with Crippen LogP contribution in [-0.2, 0) is 17.8 Å². The van der Waals surface area contributed by atoms with Crippen LogP contribution in [0.5, 0.6) is 0 Å². The number of alkyl halides is 1. The summed E-state index contributed by atoms with van der Waals surface area (Å²) in [6, 6.07) is 1.95. The molecule has 0 aliphatic carbocycles. The minimum atomic E-state index is -0.00981. The summed E-state index contributed by atoms with van der Waals surface area (Å²) >= 11 is 3.35. The molecule has 92 valence electrons. The van der Waals surface area contributed by atoms with Crippen molar-refractivity contribution in [3.8, 4) is 11.3 Å². The van der Waals surface area contributed by atoms with E-state index in [1.54, 1.807) is 0 Å². The molecule has 5 heteroatoms. The van der Waals surface area contributed by atoms with Crippen molar-refractivity contribution in [2.75, 3.05) is 0 Å². The molecule has 2 aromatic heterocycles. The monoisotopic (exact) mass is 297 g/mol. The van der Waals surface area contributed by atoms with E-state index in [4.69, 9.17) is 4.52 Å². The van der Waals surface area contributed by atoms with E-state index in [9.17, 15) is 0 Å². The van der Waals surface area contributed by atoms with Crippen molar-refractivity contribution in [2.24, 2.45) is 7.05 Å². The van der Waals surface area contributed by atoms with Gasteiger partial charge in [0.1, 0.15) is 11.5 Å². The second-order valence-corrected chi connectivity index (χ2v) is 5.69. The fourth-order valence-corrected chi connectivity index (χ4v) is 2.00. The largest absolute Gasteiger partial charge is 0.360 e. The van der Waals surface area contributed by atoms with Crippen molar-refractivity contribution in [1.82, 2.24) is 14.9 Å². The van der Waals surface area contributed by atoms with Crippen molar-refractivity contribution >= 4 is 15.9 Å². The molecule has 0 amide bonds. The van der Waals surface area contributed by atoms with Crippen LogP contribution in [0.4, 0.5) is 0 Å². The highest BCUT2D eigenvalue weighted by atomic mass is 79.9. The molecule has 2 heterocycles. The van der Waals surface area contributed by atoms with Crippen LogP contribution in [0.3, 0.4) is 0 Å².